The molecule has 3 aromatic rings. The van der Waals surface area contributed by atoms with Crippen molar-refractivity contribution >= 4 is 77.5 Å². The van der Waals surface area contributed by atoms with E-state index >= 15 is 0 Å². The number of amides is 2. The summed E-state index contributed by atoms with van der Waals surface area (Å²) < 4.78 is 47.5. The Balaban J connectivity index is 1.85. The van der Waals surface area contributed by atoms with E-state index in [1.54, 1.807) is 32.0 Å². The highest BCUT2D eigenvalue weighted by Crippen LogP contribution is 2.34. The number of methoxy groups -OCH3 is 2. The second-order valence-corrected chi connectivity index (χ2v) is 12.8. The molecule has 3 rings (SSSR count). The molecule has 0 radical (unpaired) electrons. The molecular weight excluding hydrogens is 626 g/mol. The Morgan fingerprint density at radius 1 is 0.977 bits per heavy atom. The SMILES string of the molecule is CCOC(=O)c1sc(NC(=O)CS(=O)(=O)CC(=O)N=c2sc3cc(OC)ccc3n2CC(=O)OC)c(C(=O)OCC)c1C. The second-order valence-electron chi connectivity index (χ2n) is 8.67. The van der Waals surface area contributed by atoms with Gasteiger partial charge in [-0.1, -0.05) is 11.3 Å². The second kappa shape index (κ2) is 14.4. The number of carbonyl (C=O) groups is 5. The van der Waals surface area contributed by atoms with Crippen molar-refractivity contribution in [2.45, 2.75) is 27.3 Å². The number of hydrogen-bond acceptors (Lipinski definition) is 13. The van der Waals surface area contributed by atoms with Crippen molar-refractivity contribution < 1.29 is 51.3 Å². The number of benzene rings is 1. The number of esters is 3. The van der Waals surface area contributed by atoms with Gasteiger partial charge in [-0.2, -0.15) is 4.99 Å². The standard InChI is InChI=1S/C26H29N3O11S3/c1-6-39-24(33)21-14(3)22(25(34)40-7-2)42-23(21)27-18(30)12-43(35,36)13-19(31)28-26-29(11-20(32)38-5)16-9-8-15(37-4)10-17(16)41-26/h8-10H,6-7,11-13H2,1-5H3,(H,27,30). The van der Waals surface area contributed by atoms with Crippen molar-refractivity contribution in [2.24, 2.45) is 4.99 Å². The minimum Gasteiger partial charge on any atom is -0.497 e. The molecule has 2 aromatic heterocycles. The van der Waals surface area contributed by atoms with E-state index in [1.807, 2.05) is 0 Å². The first-order chi connectivity index (χ1) is 20.3. The molecule has 0 unspecified atom stereocenters. The van der Waals surface area contributed by atoms with Gasteiger partial charge in [-0.15, -0.1) is 11.3 Å². The first-order valence-corrected chi connectivity index (χ1v) is 16.1. The van der Waals surface area contributed by atoms with Crippen LogP contribution in [0, 0.1) is 6.92 Å². The molecule has 0 aliphatic carbocycles. The highest BCUT2D eigenvalue weighted by Gasteiger charge is 2.29. The van der Waals surface area contributed by atoms with Crippen LogP contribution in [0.3, 0.4) is 0 Å². The van der Waals surface area contributed by atoms with E-state index in [9.17, 15) is 32.4 Å². The number of rotatable bonds is 12. The number of thiazole rings is 1. The fourth-order valence-corrected chi connectivity index (χ4v) is 6.99. The molecular formula is C26H29N3O11S3. The lowest BCUT2D eigenvalue weighted by atomic mass is 10.1. The normalized spacial score (nSPS) is 11.7. The topological polar surface area (TPSA) is 186 Å². The van der Waals surface area contributed by atoms with Crippen LogP contribution < -0.4 is 14.9 Å². The van der Waals surface area contributed by atoms with Gasteiger partial charge in [0.15, 0.2) is 14.6 Å². The van der Waals surface area contributed by atoms with E-state index in [1.165, 1.54) is 25.7 Å². The van der Waals surface area contributed by atoms with Crippen LogP contribution in [0.15, 0.2) is 23.2 Å². The van der Waals surface area contributed by atoms with Gasteiger partial charge in [-0.05, 0) is 44.5 Å². The van der Waals surface area contributed by atoms with Crippen LogP contribution in [0.4, 0.5) is 5.00 Å². The Morgan fingerprint density at radius 2 is 1.65 bits per heavy atom. The van der Waals surface area contributed by atoms with E-state index in [0.717, 1.165) is 22.7 Å². The molecule has 0 fully saturated rings. The van der Waals surface area contributed by atoms with E-state index in [4.69, 9.17) is 18.9 Å². The van der Waals surface area contributed by atoms with Crippen molar-refractivity contribution in [1.29, 1.82) is 0 Å². The fourth-order valence-electron chi connectivity index (χ4n) is 3.79. The van der Waals surface area contributed by atoms with Crippen LogP contribution in [0.1, 0.15) is 39.4 Å². The van der Waals surface area contributed by atoms with Crippen LogP contribution in [-0.4, -0.2) is 81.6 Å². The molecule has 0 atom stereocenters. The third kappa shape index (κ3) is 8.26. The number of fused-ring (bicyclic) bond motifs is 1. The Hall–Kier alpha value is -4.09. The van der Waals surface area contributed by atoms with Crippen LogP contribution in [0.25, 0.3) is 10.2 Å². The monoisotopic (exact) mass is 655 g/mol. The van der Waals surface area contributed by atoms with Gasteiger partial charge >= 0.3 is 17.9 Å². The van der Waals surface area contributed by atoms with E-state index in [0.29, 0.717) is 16.0 Å². The highest BCUT2D eigenvalue weighted by atomic mass is 32.2. The number of sulfone groups is 1. The zero-order valence-electron chi connectivity index (χ0n) is 23.9. The van der Waals surface area contributed by atoms with E-state index in [2.05, 4.69) is 10.3 Å². The summed E-state index contributed by atoms with van der Waals surface area (Å²) in [6.07, 6.45) is 0. The van der Waals surface area contributed by atoms with Gasteiger partial charge in [0.1, 0.15) is 33.7 Å². The zero-order valence-corrected chi connectivity index (χ0v) is 26.3. The summed E-state index contributed by atoms with van der Waals surface area (Å²) in [4.78, 5) is 66.3. The Morgan fingerprint density at radius 3 is 2.28 bits per heavy atom. The molecule has 14 nitrogen and oxygen atoms in total. The van der Waals surface area contributed by atoms with Gasteiger partial charge in [-0.3, -0.25) is 14.4 Å². The highest BCUT2D eigenvalue weighted by molar-refractivity contribution is 7.92. The summed E-state index contributed by atoms with van der Waals surface area (Å²) in [5, 5.41) is 2.24. The van der Waals surface area contributed by atoms with Crippen LogP contribution in [0.2, 0.25) is 0 Å². The summed E-state index contributed by atoms with van der Waals surface area (Å²) >= 11 is 1.76. The number of carbonyl (C=O) groups excluding carboxylic acids is 5. The lowest BCUT2D eigenvalue weighted by molar-refractivity contribution is -0.141. The quantitative estimate of drug-likeness (QED) is 0.222. The van der Waals surface area contributed by atoms with Gasteiger partial charge in [0, 0.05) is 0 Å². The third-order valence-electron chi connectivity index (χ3n) is 5.66. The number of nitrogens with zero attached hydrogens (tertiary/aromatic N) is 2. The summed E-state index contributed by atoms with van der Waals surface area (Å²) in [5.74, 6) is -6.00. The lowest BCUT2D eigenvalue weighted by Crippen LogP contribution is -2.29. The maximum absolute atomic E-state index is 12.8. The molecule has 0 saturated heterocycles. The van der Waals surface area contributed by atoms with Crippen molar-refractivity contribution in [1.82, 2.24) is 4.57 Å². The van der Waals surface area contributed by atoms with Crippen LogP contribution in [0.5, 0.6) is 5.75 Å². The van der Waals surface area contributed by atoms with Crippen molar-refractivity contribution in [2.75, 3.05) is 44.3 Å². The van der Waals surface area contributed by atoms with Gasteiger partial charge in [0.2, 0.25) is 5.91 Å². The summed E-state index contributed by atoms with van der Waals surface area (Å²) in [5.41, 5.74) is 0.634. The predicted octanol–water partition coefficient (Wildman–Crippen LogP) is 2.09. The van der Waals surface area contributed by atoms with Crippen LogP contribution >= 0.6 is 22.7 Å². The third-order valence-corrected chi connectivity index (χ3v) is 9.28. The lowest BCUT2D eigenvalue weighted by Gasteiger charge is -2.07. The molecule has 232 valence electrons. The Bertz CT molecular complexity index is 1750. The Kier molecular flexibility index (Phi) is 11.2. The molecule has 0 aliphatic heterocycles. The predicted molar refractivity (Wildman–Crippen MR) is 157 cm³/mol. The zero-order chi connectivity index (χ0) is 31.9. The largest absolute Gasteiger partial charge is 0.497 e. The molecule has 1 aromatic carbocycles. The minimum absolute atomic E-state index is 0.0171. The molecule has 0 aliphatic rings. The van der Waals surface area contributed by atoms with E-state index < -0.39 is 51.1 Å². The Labute approximate surface area is 254 Å². The first-order valence-electron chi connectivity index (χ1n) is 12.6. The minimum atomic E-state index is -4.35. The molecule has 1 N–H and O–H groups in total. The van der Waals surface area contributed by atoms with Crippen molar-refractivity contribution in [3.8, 4) is 5.75 Å². The number of aromatic nitrogens is 1. The van der Waals surface area contributed by atoms with Crippen molar-refractivity contribution in [3.63, 3.8) is 0 Å². The van der Waals surface area contributed by atoms with Gasteiger partial charge < -0.3 is 28.8 Å². The van der Waals surface area contributed by atoms with Gasteiger partial charge in [0.25, 0.3) is 5.91 Å². The molecule has 0 saturated carbocycles. The van der Waals surface area contributed by atoms with Gasteiger partial charge in [0.05, 0.1) is 43.2 Å². The summed E-state index contributed by atoms with van der Waals surface area (Å²) in [7, 11) is -1.67. The maximum atomic E-state index is 12.8. The molecule has 0 spiro atoms. The van der Waals surface area contributed by atoms with Crippen LogP contribution in [-0.2, 0) is 45.0 Å². The maximum Gasteiger partial charge on any atom is 0.348 e. The number of ether oxygens (including phenoxy) is 4. The molecule has 43 heavy (non-hydrogen) atoms. The van der Waals surface area contributed by atoms with E-state index in [-0.39, 0.29) is 45.6 Å². The number of nitrogens with one attached hydrogen (secondary N) is 1. The molecule has 0 bridgehead atoms. The molecule has 17 heteroatoms. The average molecular weight is 656 g/mol. The number of thiophene rings is 1. The first kappa shape index (κ1) is 33.4. The average Bonchev–Trinajstić information content (AvgIpc) is 3.43. The number of anilines is 1. The molecule has 2 heterocycles. The van der Waals surface area contributed by atoms with Gasteiger partial charge in [-0.25, -0.2) is 18.0 Å². The number of hydrogen-bond donors (Lipinski definition) is 1. The summed E-state index contributed by atoms with van der Waals surface area (Å²) in [6, 6.07) is 4.97. The van der Waals surface area contributed by atoms with Crippen molar-refractivity contribution in [3.05, 3.63) is 39.0 Å². The smallest absolute Gasteiger partial charge is 0.348 e. The fraction of sp³-hybridized carbons (Fsp3) is 0.385. The molecule has 2 amide bonds. The summed E-state index contributed by atoms with van der Waals surface area (Å²) in [6.45, 7) is 4.45.